The molecule has 26 heavy (non-hydrogen) atoms. The summed E-state index contributed by atoms with van der Waals surface area (Å²) in [6.07, 6.45) is 4.92. The third-order valence-corrected chi connectivity index (χ3v) is 3.41. The van der Waals surface area contributed by atoms with Crippen LogP contribution in [0.3, 0.4) is 0 Å². The van der Waals surface area contributed by atoms with Crippen molar-refractivity contribution in [3.8, 4) is 0 Å². The zero-order chi connectivity index (χ0) is 18.9. The van der Waals surface area contributed by atoms with E-state index < -0.39 is 16.7 Å². The van der Waals surface area contributed by atoms with E-state index in [0.29, 0.717) is 0 Å². The van der Waals surface area contributed by atoms with Crippen molar-refractivity contribution >= 4 is 23.6 Å². The van der Waals surface area contributed by atoms with E-state index in [0.717, 1.165) is 5.56 Å². The zero-order valence-corrected chi connectivity index (χ0v) is 14.0. The van der Waals surface area contributed by atoms with Crippen LogP contribution in [-0.4, -0.2) is 23.8 Å². The lowest BCUT2D eigenvalue weighted by Crippen LogP contribution is -2.33. The lowest BCUT2D eigenvalue weighted by Gasteiger charge is -2.08. The SMILES string of the molecule is CNC(=O)C(=CC=Cc1ccccc1)NC(=O)c1ccc([N+](=O)[O-])cc1. The number of likely N-dealkylation sites (N-methyl/N-ethyl adjacent to an activating group) is 1. The topological polar surface area (TPSA) is 101 Å². The molecule has 0 saturated heterocycles. The average molecular weight is 351 g/mol. The molecule has 7 nitrogen and oxygen atoms in total. The Bertz CT molecular complexity index is 856. The highest BCUT2D eigenvalue weighted by Crippen LogP contribution is 2.12. The van der Waals surface area contributed by atoms with Crippen molar-refractivity contribution < 1.29 is 14.5 Å². The lowest BCUT2D eigenvalue weighted by atomic mass is 10.2. The van der Waals surface area contributed by atoms with Crippen LogP contribution in [-0.2, 0) is 4.79 Å². The van der Waals surface area contributed by atoms with E-state index in [-0.39, 0.29) is 16.9 Å². The number of rotatable bonds is 6. The Morgan fingerprint density at radius 3 is 2.27 bits per heavy atom. The number of nitro benzene ring substituents is 1. The lowest BCUT2D eigenvalue weighted by molar-refractivity contribution is -0.384. The second-order valence-corrected chi connectivity index (χ2v) is 5.19. The van der Waals surface area contributed by atoms with E-state index in [1.807, 2.05) is 30.3 Å². The van der Waals surface area contributed by atoms with Crippen molar-refractivity contribution in [1.29, 1.82) is 0 Å². The summed E-state index contributed by atoms with van der Waals surface area (Å²) in [6.45, 7) is 0. The van der Waals surface area contributed by atoms with E-state index in [2.05, 4.69) is 10.6 Å². The molecule has 0 fully saturated rings. The summed E-state index contributed by atoms with van der Waals surface area (Å²) >= 11 is 0. The molecule has 0 aliphatic carbocycles. The molecule has 0 spiro atoms. The van der Waals surface area contributed by atoms with Crippen molar-refractivity contribution in [3.63, 3.8) is 0 Å². The van der Waals surface area contributed by atoms with Gasteiger partial charge in [0.15, 0.2) is 0 Å². The van der Waals surface area contributed by atoms with E-state index in [9.17, 15) is 19.7 Å². The van der Waals surface area contributed by atoms with Crippen LogP contribution in [0, 0.1) is 10.1 Å². The number of hydrogen-bond donors (Lipinski definition) is 2. The molecular formula is C19H17N3O4. The monoisotopic (exact) mass is 351 g/mol. The number of nitrogens with zero attached hydrogens (tertiary/aromatic N) is 1. The van der Waals surface area contributed by atoms with Crippen LogP contribution < -0.4 is 10.6 Å². The maximum absolute atomic E-state index is 12.3. The Kier molecular flexibility index (Phi) is 6.39. The average Bonchev–Trinajstić information content (AvgIpc) is 2.67. The van der Waals surface area contributed by atoms with Crippen LogP contribution in [0.4, 0.5) is 5.69 Å². The normalized spacial score (nSPS) is 11.2. The molecule has 7 heteroatoms. The van der Waals surface area contributed by atoms with Crippen molar-refractivity contribution in [2.45, 2.75) is 0 Å². The van der Waals surface area contributed by atoms with E-state index >= 15 is 0 Å². The number of allylic oxidation sites excluding steroid dienone is 2. The Morgan fingerprint density at radius 2 is 1.69 bits per heavy atom. The first-order valence-corrected chi connectivity index (χ1v) is 7.72. The third-order valence-electron chi connectivity index (χ3n) is 3.41. The minimum atomic E-state index is -0.550. The van der Waals surface area contributed by atoms with Crippen molar-refractivity contribution in [3.05, 3.63) is 93.7 Å². The van der Waals surface area contributed by atoms with Crippen LogP contribution in [0.5, 0.6) is 0 Å². The van der Waals surface area contributed by atoms with Gasteiger partial charge < -0.3 is 10.6 Å². The number of hydrogen-bond acceptors (Lipinski definition) is 4. The fraction of sp³-hybridized carbons (Fsp3) is 0.0526. The molecule has 0 unspecified atom stereocenters. The fourth-order valence-electron chi connectivity index (χ4n) is 2.06. The minimum absolute atomic E-state index is 0.0584. The second kappa shape index (κ2) is 8.93. The van der Waals surface area contributed by atoms with E-state index in [4.69, 9.17) is 0 Å². The number of amides is 2. The van der Waals surface area contributed by atoms with Gasteiger partial charge in [-0.15, -0.1) is 0 Å². The van der Waals surface area contributed by atoms with Crippen LogP contribution in [0.25, 0.3) is 6.08 Å². The molecule has 2 aromatic rings. The van der Waals surface area contributed by atoms with Gasteiger partial charge in [0.1, 0.15) is 5.70 Å². The van der Waals surface area contributed by atoms with E-state index in [1.165, 1.54) is 37.4 Å². The van der Waals surface area contributed by atoms with Gasteiger partial charge in [-0.2, -0.15) is 0 Å². The zero-order valence-electron chi connectivity index (χ0n) is 14.0. The number of nitro groups is 1. The van der Waals surface area contributed by atoms with Gasteiger partial charge in [-0.1, -0.05) is 42.5 Å². The summed E-state index contributed by atoms with van der Waals surface area (Å²) in [7, 11) is 1.45. The summed E-state index contributed by atoms with van der Waals surface area (Å²) < 4.78 is 0. The molecule has 0 aliphatic heterocycles. The molecule has 0 bridgehead atoms. The highest BCUT2D eigenvalue weighted by atomic mass is 16.6. The van der Waals surface area contributed by atoms with Crippen molar-refractivity contribution in [2.24, 2.45) is 0 Å². The minimum Gasteiger partial charge on any atom is -0.354 e. The highest BCUT2D eigenvalue weighted by Gasteiger charge is 2.14. The molecular weight excluding hydrogens is 334 g/mol. The molecule has 0 aromatic heterocycles. The first-order valence-electron chi connectivity index (χ1n) is 7.72. The van der Waals surface area contributed by atoms with Gasteiger partial charge in [-0.05, 0) is 23.8 Å². The van der Waals surface area contributed by atoms with Gasteiger partial charge in [0.2, 0.25) is 0 Å². The fourth-order valence-corrected chi connectivity index (χ4v) is 2.06. The molecule has 0 heterocycles. The first kappa shape index (κ1) is 18.6. The first-order chi connectivity index (χ1) is 12.5. The number of carbonyl (C=O) groups excluding carboxylic acids is 2. The summed E-state index contributed by atoms with van der Waals surface area (Å²) in [5.74, 6) is -0.999. The summed E-state index contributed by atoms with van der Waals surface area (Å²) in [5, 5.41) is 15.6. The van der Waals surface area contributed by atoms with Gasteiger partial charge in [-0.3, -0.25) is 19.7 Å². The summed E-state index contributed by atoms with van der Waals surface area (Å²) in [6, 6.07) is 14.6. The second-order valence-electron chi connectivity index (χ2n) is 5.19. The van der Waals surface area contributed by atoms with Gasteiger partial charge in [0, 0.05) is 24.7 Å². The maximum atomic E-state index is 12.3. The molecule has 132 valence electrons. The van der Waals surface area contributed by atoms with Gasteiger partial charge in [0.25, 0.3) is 17.5 Å². The Labute approximate surface area is 150 Å². The van der Waals surface area contributed by atoms with Crippen LogP contribution >= 0.6 is 0 Å². The van der Waals surface area contributed by atoms with Crippen LogP contribution in [0.2, 0.25) is 0 Å². The maximum Gasteiger partial charge on any atom is 0.269 e. The largest absolute Gasteiger partial charge is 0.354 e. The van der Waals surface area contributed by atoms with Crippen molar-refractivity contribution in [2.75, 3.05) is 7.05 Å². The molecule has 2 amide bonds. The number of carbonyl (C=O) groups is 2. The Hall–Kier alpha value is -3.74. The Balaban J connectivity index is 2.15. The number of non-ortho nitro benzene ring substituents is 1. The summed E-state index contributed by atoms with van der Waals surface area (Å²) in [5.41, 5.74) is 1.09. The molecule has 0 atom stereocenters. The molecule has 2 N–H and O–H groups in total. The molecule has 0 radical (unpaired) electrons. The highest BCUT2D eigenvalue weighted by molar-refractivity contribution is 6.03. The van der Waals surface area contributed by atoms with Crippen LogP contribution in [0.1, 0.15) is 15.9 Å². The van der Waals surface area contributed by atoms with Gasteiger partial charge in [-0.25, -0.2) is 0 Å². The van der Waals surface area contributed by atoms with Gasteiger partial charge in [0.05, 0.1) is 4.92 Å². The van der Waals surface area contributed by atoms with Crippen LogP contribution in [0.15, 0.2) is 72.4 Å². The standard InChI is InChI=1S/C19H17N3O4/c1-20-19(24)17(9-5-8-14-6-3-2-4-7-14)21-18(23)15-10-12-16(13-11-15)22(25)26/h2-13H,1H3,(H,20,24)(H,21,23). The molecule has 2 aromatic carbocycles. The molecule has 2 rings (SSSR count). The predicted octanol–water partition coefficient (Wildman–Crippen LogP) is 2.67. The predicted molar refractivity (Wildman–Crippen MR) is 98.2 cm³/mol. The summed E-state index contributed by atoms with van der Waals surface area (Å²) in [4.78, 5) is 34.3. The smallest absolute Gasteiger partial charge is 0.269 e. The number of benzene rings is 2. The van der Waals surface area contributed by atoms with Gasteiger partial charge >= 0.3 is 0 Å². The van der Waals surface area contributed by atoms with Crippen molar-refractivity contribution in [1.82, 2.24) is 10.6 Å². The quantitative estimate of drug-likeness (QED) is 0.361. The number of nitrogens with one attached hydrogen (secondary N) is 2. The molecule has 0 saturated carbocycles. The van der Waals surface area contributed by atoms with E-state index in [1.54, 1.807) is 12.2 Å². The third kappa shape index (κ3) is 5.13. The molecule has 0 aliphatic rings. The Morgan fingerprint density at radius 1 is 1.04 bits per heavy atom.